The van der Waals surface area contributed by atoms with E-state index in [0.717, 1.165) is 5.56 Å². The minimum atomic E-state index is -0.321. The number of benzene rings is 2. The van der Waals surface area contributed by atoms with E-state index >= 15 is 0 Å². The van der Waals surface area contributed by atoms with E-state index in [1.165, 1.54) is 23.4 Å². The number of fused-ring (bicyclic) bond motifs is 1. The molecule has 0 fully saturated rings. The zero-order valence-corrected chi connectivity index (χ0v) is 17.8. The Morgan fingerprint density at radius 2 is 1.93 bits per heavy atom. The third kappa shape index (κ3) is 3.59. The lowest BCUT2D eigenvalue weighted by Crippen LogP contribution is -2.21. The Morgan fingerprint density at radius 1 is 1.13 bits per heavy atom. The molecule has 0 unspecified atom stereocenters. The van der Waals surface area contributed by atoms with Crippen molar-refractivity contribution in [1.29, 1.82) is 0 Å². The van der Waals surface area contributed by atoms with Gasteiger partial charge in [0.2, 0.25) is 5.65 Å². The van der Waals surface area contributed by atoms with Crippen LogP contribution in [-0.4, -0.2) is 37.8 Å². The van der Waals surface area contributed by atoms with Crippen molar-refractivity contribution in [3.8, 4) is 11.4 Å². The summed E-state index contributed by atoms with van der Waals surface area (Å²) in [5.41, 5.74) is 1.82. The van der Waals surface area contributed by atoms with Gasteiger partial charge in [0.25, 0.3) is 0 Å². The number of halogens is 1. The first-order valence-electron chi connectivity index (χ1n) is 9.02. The largest absolute Gasteiger partial charge is 0.496 e. The maximum absolute atomic E-state index is 13.0. The van der Waals surface area contributed by atoms with Gasteiger partial charge in [0.1, 0.15) is 5.75 Å². The molecule has 2 aromatic heterocycles. The van der Waals surface area contributed by atoms with Crippen LogP contribution in [0, 0.1) is 6.92 Å². The Bertz CT molecular complexity index is 1320. The van der Waals surface area contributed by atoms with Gasteiger partial charge in [0, 0.05) is 17.4 Å². The summed E-state index contributed by atoms with van der Waals surface area (Å²) in [4.78, 5) is 25.5. The fourth-order valence-electron chi connectivity index (χ4n) is 3.09. The maximum Gasteiger partial charge on any atom is 0.300 e. The van der Waals surface area contributed by atoms with Crippen molar-refractivity contribution in [2.24, 2.45) is 0 Å². The molecule has 2 aromatic carbocycles. The highest BCUT2D eigenvalue weighted by molar-refractivity contribution is 7.99. The minimum Gasteiger partial charge on any atom is -0.496 e. The normalized spacial score (nSPS) is 11.0. The van der Waals surface area contributed by atoms with E-state index < -0.39 is 0 Å². The van der Waals surface area contributed by atoms with Crippen molar-refractivity contribution in [2.75, 3.05) is 12.9 Å². The molecular weight excluding hydrogens is 424 g/mol. The highest BCUT2D eigenvalue weighted by atomic mass is 35.5. The van der Waals surface area contributed by atoms with Crippen LogP contribution in [0.2, 0.25) is 5.02 Å². The van der Waals surface area contributed by atoms with Gasteiger partial charge >= 0.3 is 5.56 Å². The third-order valence-corrected chi connectivity index (χ3v) is 6.03. The van der Waals surface area contributed by atoms with Crippen LogP contribution in [0.15, 0.2) is 64.8 Å². The van der Waals surface area contributed by atoms with Gasteiger partial charge in [-0.3, -0.25) is 18.6 Å². The lowest BCUT2D eigenvalue weighted by Gasteiger charge is -2.10. The molecule has 0 N–H and O–H groups in total. The molecular formula is C21H17ClN4O3S. The molecule has 0 aliphatic rings. The van der Waals surface area contributed by atoms with Crippen LogP contribution < -0.4 is 10.3 Å². The van der Waals surface area contributed by atoms with Crippen molar-refractivity contribution in [3.63, 3.8) is 0 Å². The lowest BCUT2D eigenvalue weighted by atomic mass is 10.1. The van der Waals surface area contributed by atoms with Gasteiger partial charge in [-0.1, -0.05) is 41.6 Å². The number of aromatic nitrogens is 4. The van der Waals surface area contributed by atoms with Crippen LogP contribution in [0.25, 0.3) is 11.3 Å². The summed E-state index contributed by atoms with van der Waals surface area (Å²) < 4.78 is 8.31. The first-order chi connectivity index (χ1) is 14.5. The molecule has 0 saturated heterocycles. The number of para-hydroxylation sites is 1. The summed E-state index contributed by atoms with van der Waals surface area (Å²) in [5, 5.41) is 9.16. The van der Waals surface area contributed by atoms with Crippen molar-refractivity contribution >= 4 is 34.8 Å². The Labute approximate surface area is 181 Å². The van der Waals surface area contributed by atoms with E-state index in [-0.39, 0.29) is 22.7 Å². The molecule has 7 nitrogen and oxygen atoms in total. The molecule has 0 aliphatic carbocycles. The first kappa shape index (κ1) is 20.2. The van der Waals surface area contributed by atoms with E-state index in [1.54, 1.807) is 53.2 Å². The number of thioether (sulfide) groups is 1. The molecule has 152 valence electrons. The maximum atomic E-state index is 13.0. The molecule has 0 saturated carbocycles. The summed E-state index contributed by atoms with van der Waals surface area (Å²) in [5.74, 6) is 0.559. The Hall–Kier alpha value is -3.10. The predicted molar refractivity (Wildman–Crippen MR) is 116 cm³/mol. The number of carbonyl (C=O) groups is 1. The molecule has 0 spiro atoms. The van der Waals surface area contributed by atoms with Crippen LogP contribution in [0.4, 0.5) is 0 Å². The Morgan fingerprint density at radius 3 is 2.73 bits per heavy atom. The van der Waals surface area contributed by atoms with E-state index in [2.05, 4.69) is 10.2 Å². The van der Waals surface area contributed by atoms with Crippen molar-refractivity contribution in [2.45, 2.75) is 12.1 Å². The highest BCUT2D eigenvalue weighted by Gasteiger charge is 2.17. The third-order valence-electron chi connectivity index (χ3n) is 4.68. The minimum absolute atomic E-state index is 0.0999. The van der Waals surface area contributed by atoms with E-state index in [4.69, 9.17) is 16.3 Å². The van der Waals surface area contributed by atoms with Crippen LogP contribution in [0.3, 0.4) is 0 Å². The molecule has 9 heteroatoms. The fourth-order valence-corrected chi connectivity index (χ4v) is 4.06. The number of hydrogen-bond donors (Lipinski definition) is 0. The molecule has 0 radical (unpaired) electrons. The second kappa shape index (κ2) is 8.33. The molecule has 0 atom stereocenters. The number of methoxy groups -OCH3 is 1. The van der Waals surface area contributed by atoms with E-state index in [1.807, 2.05) is 13.0 Å². The number of ketones is 1. The quantitative estimate of drug-likeness (QED) is 0.335. The molecule has 4 aromatic rings. The number of carbonyl (C=O) groups excluding carboxylic acids is 1. The van der Waals surface area contributed by atoms with Crippen molar-refractivity contribution in [1.82, 2.24) is 19.2 Å². The monoisotopic (exact) mass is 440 g/mol. The number of nitrogens with zero attached hydrogens (tertiary/aromatic N) is 4. The van der Waals surface area contributed by atoms with Gasteiger partial charge in [-0.25, -0.2) is 0 Å². The average Bonchev–Trinajstić information content (AvgIpc) is 3.18. The molecule has 2 heterocycles. The molecule has 0 bridgehead atoms. The van der Waals surface area contributed by atoms with Crippen LogP contribution >= 0.6 is 23.4 Å². The summed E-state index contributed by atoms with van der Waals surface area (Å²) in [7, 11) is 1.53. The van der Waals surface area contributed by atoms with Crippen molar-refractivity contribution < 1.29 is 9.53 Å². The van der Waals surface area contributed by atoms with Gasteiger partial charge in [0.15, 0.2) is 10.9 Å². The molecule has 0 aliphatic heterocycles. The predicted octanol–water partition coefficient (Wildman–Crippen LogP) is 3.83. The topological polar surface area (TPSA) is 78.5 Å². The number of Topliss-reactive ketones (excluding diaryl/α,β-unsaturated/α-hetero) is 1. The van der Waals surface area contributed by atoms with E-state index in [0.29, 0.717) is 27.2 Å². The highest BCUT2D eigenvalue weighted by Crippen LogP contribution is 2.24. The van der Waals surface area contributed by atoms with E-state index in [9.17, 15) is 9.59 Å². The number of rotatable bonds is 6. The smallest absolute Gasteiger partial charge is 0.300 e. The summed E-state index contributed by atoms with van der Waals surface area (Å²) in [6.07, 6.45) is 3.34. The second-order valence-corrected chi connectivity index (χ2v) is 7.80. The summed E-state index contributed by atoms with van der Waals surface area (Å²) in [6.45, 7) is 1.85. The van der Waals surface area contributed by atoms with Gasteiger partial charge in [-0.2, -0.15) is 0 Å². The fraction of sp³-hybridized carbons (Fsp3) is 0.143. The van der Waals surface area contributed by atoms with Crippen LogP contribution in [0.1, 0.15) is 15.9 Å². The molecule has 30 heavy (non-hydrogen) atoms. The van der Waals surface area contributed by atoms with Gasteiger partial charge in [-0.05, 0) is 36.8 Å². The van der Waals surface area contributed by atoms with Gasteiger partial charge in [0.05, 0.1) is 24.1 Å². The standard InChI is InChI=1S/C21H17ClN4O3S/c1-13-15(22)7-5-8-16(13)25-10-11-26-19(20(25)28)23-24-21(26)30-12-17(27)14-6-3-4-9-18(14)29-2/h3-11H,12H2,1-2H3. The van der Waals surface area contributed by atoms with Crippen LogP contribution in [-0.2, 0) is 0 Å². The first-order valence-corrected chi connectivity index (χ1v) is 10.4. The zero-order chi connectivity index (χ0) is 21.3. The SMILES string of the molecule is COc1ccccc1C(=O)CSc1nnc2c(=O)n(-c3cccc(Cl)c3C)ccn12. The zero-order valence-electron chi connectivity index (χ0n) is 16.2. The molecule has 4 rings (SSSR count). The number of ether oxygens (including phenoxy) is 1. The lowest BCUT2D eigenvalue weighted by molar-refractivity contribution is 0.101. The van der Waals surface area contributed by atoms with Gasteiger partial charge in [-0.15, -0.1) is 10.2 Å². The Kier molecular flexibility index (Phi) is 5.61. The molecule has 0 amide bonds. The average molecular weight is 441 g/mol. The van der Waals surface area contributed by atoms with Crippen LogP contribution in [0.5, 0.6) is 5.75 Å². The Balaban J connectivity index is 1.63. The number of hydrogen-bond acceptors (Lipinski definition) is 6. The summed E-state index contributed by atoms with van der Waals surface area (Å²) >= 11 is 7.40. The van der Waals surface area contributed by atoms with Crippen molar-refractivity contribution in [3.05, 3.63) is 81.4 Å². The van der Waals surface area contributed by atoms with Gasteiger partial charge < -0.3 is 4.74 Å². The second-order valence-electron chi connectivity index (χ2n) is 6.45. The summed E-state index contributed by atoms with van der Waals surface area (Å²) in [6, 6.07) is 12.4.